The van der Waals surface area contributed by atoms with Crippen LogP contribution in [-0.2, 0) is 4.79 Å². The van der Waals surface area contributed by atoms with Crippen LogP contribution in [0.3, 0.4) is 0 Å². The molecule has 152 valence electrons. The molecule has 7 heteroatoms. The van der Waals surface area contributed by atoms with E-state index in [2.05, 4.69) is 4.98 Å². The van der Waals surface area contributed by atoms with E-state index in [1.165, 1.54) is 40.6 Å². The molecule has 0 aliphatic carbocycles. The van der Waals surface area contributed by atoms with Gasteiger partial charge in [-0.3, -0.25) is 14.2 Å². The van der Waals surface area contributed by atoms with E-state index in [0.717, 1.165) is 0 Å². The molecule has 5 nitrogen and oxygen atoms in total. The van der Waals surface area contributed by atoms with Crippen LogP contribution in [0.4, 0.5) is 4.39 Å². The highest BCUT2D eigenvalue weighted by atomic mass is 32.2. The zero-order valence-electron chi connectivity index (χ0n) is 16.9. The van der Waals surface area contributed by atoms with Crippen LogP contribution in [0.1, 0.15) is 27.7 Å². The third-order valence-electron chi connectivity index (χ3n) is 4.56. The van der Waals surface area contributed by atoms with Gasteiger partial charge in [0.1, 0.15) is 5.82 Å². The Morgan fingerprint density at radius 2 is 1.69 bits per heavy atom. The lowest BCUT2D eigenvalue weighted by Crippen LogP contribution is -2.43. The van der Waals surface area contributed by atoms with Gasteiger partial charge in [0.25, 0.3) is 5.56 Å². The van der Waals surface area contributed by atoms with Gasteiger partial charge in [-0.1, -0.05) is 23.9 Å². The molecule has 0 saturated carbocycles. The summed E-state index contributed by atoms with van der Waals surface area (Å²) in [6.07, 6.45) is 0. The lowest BCUT2D eigenvalue weighted by molar-refractivity contribution is -0.131. The first kappa shape index (κ1) is 21.0. The average molecular weight is 414 g/mol. The SMILES string of the molecule is CC(C)N(C(=O)CSc1nc2ccccc2c(=O)n1-c1ccc(F)cc1)C(C)C. The molecule has 0 bridgehead atoms. The summed E-state index contributed by atoms with van der Waals surface area (Å²) in [5, 5.41) is 0.875. The number of para-hydroxylation sites is 1. The molecule has 0 aliphatic heterocycles. The number of hydrogen-bond donors (Lipinski definition) is 0. The topological polar surface area (TPSA) is 55.2 Å². The molecule has 0 spiro atoms. The van der Waals surface area contributed by atoms with Gasteiger partial charge < -0.3 is 4.90 Å². The Hall–Kier alpha value is -2.67. The van der Waals surface area contributed by atoms with Gasteiger partial charge in [0, 0.05) is 12.1 Å². The first-order valence-electron chi connectivity index (χ1n) is 9.51. The van der Waals surface area contributed by atoms with E-state index >= 15 is 0 Å². The molecule has 0 N–H and O–H groups in total. The highest BCUT2D eigenvalue weighted by Gasteiger charge is 2.21. The standard InChI is InChI=1S/C22H24FN3O2S/c1-14(2)25(15(3)4)20(27)13-29-22-24-19-8-6-5-7-18(19)21(28)26(22)17-11-9-16(23)10-12-17/h5-12,14-15H,13H2,1-4H3. The lowest BCUT2D eigenvalue weighted by atomic mass is 10.2. The maximum Gasteiger partial charge on any atom is 0.266 e. The van der Waals surface area contributed by atoms with Crippen LogP contribution in [0.15, 0.2) is 58.5 Å². The number of fused-ring (bicyclic) bond motifs is 1. The molecule has 0 aliphatic rings. The maximum absolute atomic E-state index is 13.4. The van der Waals surface area contributed by atoms with Crippen molar-refractivity contribution >= 4 is 28.6 Å². The second-order valence-corrected chi connectivity index (χ2v) is 8.25. The zero-order valence-corrected chi connectivity index (χ0v) is 17.7. The molecule has 3 aromatic rings. The van der Waals surface area contributed by atoms with Crippen molar-refractivity contribution in [3.63, 3.8) is 0 Å². The summed E-state index contributed by atoms with van der Waals surface area (Å²) in [6.45, 7) is 7.91. The number of carbonyl (C=O) groups is 1. The Morgan fingerprint density at radius 3 is 2.31 bits per heavy atom. The van der Waals surface area contributed by atoms with Crippen molar-refractivity contribution in [2.24, 2.45) is 0 Å². The molecular weight excluding hydrogens is 389 g/mol. The Bertz CT molecular complexity index is 1070. The molecule has 0 unspecified atom stereocenters. The molecule has 1 aromatic heterocycles. The van der Waals surface area contributed by atoms with Crippen LogP contribution in [0.5, 0.6) is 0 Å². The minimum absolute atomic E-state index is 0.0203. The molecule has 1 amide bonds. The van der Waals surface area contributed by atoms with Crippen molar-refractivity contribution in [1.29, 1.82) is 0 Å². The van der Waals surface area contributed by atoms with Crippen LogP contribution < -0.4 is 5.56 Å². The minimum Gasteiger partial charge on any atom is -0.337 e. The van der Waals surface area contributed by atoms with Gasteiger partial charge in [0.05, 0.1) is 22.3 Å². The van der Waals surface area contributed by atoms with Gasteiger partial charge in [-0.15, -0.1) is 0 Å². The molecule has 0 atom stereocenters. The monoisotopic (exact) mass is 413 g/mol. The predicted octanol–water partition coefficient (Wildman–Crippen LogP) is 4.26. The molecule has 0 fully saturated rings. The van der Waals surface area contributed by atoms with Gasteiger partial charge >= 0.3 is 0 Å². The highest BCUT2D eigenvalue weighted by Crippen LogP contribution is 2.22. The van der Waals surface area contributed by atoms with Crippen molar-refractivity contribution in [2.75, 3.05) is 5.75 Å². The largest absolute Gasteiger partial charge is 0.337 e. The molecule has 0 saturated heterocycles. The van der Waals surface area contributed by atoms with Gasteiger partial charge in [0.15, 0.2) is 5.16 Å². The van der Waals surface area contributed by atoms with Crippen molar-refractivity contribution in [3.8, 4) is 5.69 Å². The van der Waals surface area contributed by atoms with E-state index in [1.807, 2.05) is 38.7 Å². The lowest BCUT2D eigenvalue weighted by Gasteiger charge is -2.30. The number of thioether (sulfide) groups is 1. The first-order valence-corrected chi connectivity index (χ1v) is 10.5. The van der Waals surface area contributed by atoms with E-state index in [1.54, 1.807) is 18.2 Å². The van der Waals surface area contributed by atoms with Crippen LogP contribution in [-0.4, -0.2) is 38.2 Å². The maximum atomic E-state index is 13.4. The second-order valence-electron chi connectivity index (χ2n) is 7.31. The van der Waals surface area contributed by atoms with E-state index in [9.17, 15) is 14.0 Å². The van der Waals surface area contributed by atoms with Crippen molar-refractivity contribution in [2.45, 2.75) is 44.9 Å². The van der Waals surface area contributed by atoms with Gasteiger partial charge in [-0.2, -0.15) is 0 Å². The Kier molecular flexibility index (Phi) is 6.37. The Morgan fingerprint density at radius 1 is 1.07 bits per heavy atom. The number of carbonyl (C=O) groups excluding carboxylic acids is 1. The number of benzene rings is 2. The normalized spacial score (nSPS) is 11.4. The predicted molar refractivity (Wildman–Crippen MR) is 115 cm³/mol. The Balaban J connectivity index is 2.04. The smallest absolute Gasteiger partial charge is 0.266 e. The molecular formula is C22H24FN3O2S. The zero-order chi connectivity index (χ0) is 21.1. The number of amides is 1. The number of hydrogen-bond acceptors (Lipinski definition) is 4. The van der Waals surface area contributed by atoms with E-state index in [4.69, 9.17) is 0 Å². The summed E-state index contributed by atoms with van der Waals surface area (Å²) in [5.74, 6) is -0.250. The fourth-order valence-corrected chi connectivity index (χ4v) is 4.28. The summed E-state index contributed by atoms with van der Waals surface area (Å²) in [6, 6.07) is 12.9. The fourth-order valence-electron chi connectivity index (χ4n) is 3.40. The van der Waals surface area contributed by atoms with E-state index < -0.39 is 0 Å². The van der Waals surface area contributed by atoms with Gasteiger partial charge in [0.2, 0.25) is 5.91 Å². The second kappa shape index (κ2) is 8.78. The van der Waals surface area contributed by atoms with Crippen molar-refractivity contribution in [1.82, 2.24) is 14.5 Å². The summed E-state index contributed by atoms with van der Waals surface area (Å²) in [7, 11) is 0. The summed E-state index contributed by atoms with van der Waals surface area (Å²) >= 11 is 1.21. The van der Waals surface area contributed by atoms with Crippen LogP contribution >= 0.6 is 11.8 Å². The molecule has 29 heavy (non-hydrogen) atoms. The molecule has 0 radical (unpaired) electrons. The minimum atomic E-state index is -0.385. The van der Waals surface area contributed by atoms with E-state index in [0.29, 0.717) is 21.7 Å². The Labute approximate surface area is 173 Å². The quantitative estimate of drug-likeness (QED) is 0.448. The van der Waals surface area contributed by atoms with Crippen molar-refractivity contribution in [3.05, 3.63) is 64.7 Å². The summed E-state index contributed by atoms with van der Waals surface area (Å²) < 4.78 is 14.8. The fraction of sp³-hybridized carbons (Fsp3) is 0.318. The number of rotatable bonds is 6. The number of nitrogens with zero attached hydrogens (tertiary/aromatic N) is 3. The molecule has 3 rings (SSSR count). The van der Waals surface area contributed by atoms with Crippen LogP contribution in [0.25, 0.3) is 16.6 Å². The average Bonchev–Trinajstić information content (AvgIpc) is 2.67. The number of halogens is 1. The highest BCUT2D eigenvalue weighted by molar-refractivity contribution is 7.99. The third kappa shape index (κ3) is 4.50. The number of aromatic nitrogens is 2. The molecule has 2 aromatic carbocycles. The van der Waals surface area contributed by atoms with Gasteiger partial charge in [-0.25, -0.2) is 9.37 Å². The van der Waals surface area contributed by atoms with Crippen LogP contribution in [0, 0.1) is 5.82 Å². The summed E-state index contributed by atoms with van der Waals surface area (Å²) in [4.78, 5) is 32.4. The molecule has 1 heterocycles. The van der Waals surface area contributed by atoms with Crippen molar-refractivity contribution < 1.29 is 9.18 Å². The van der Waals surface area contributed by atoms with E-state index in [-0.39, 0.29) is 35.1 Å². The first-order chi connectivity index (χ1) is 13.8. The third-order valence-corrected chi connectivity index (χ3v) is 5.48. The van der Waals surface area contributed by atoms with Gasteiger partial charge in [-0.05, 0) is 64.1 Å². The van der Waals surface area contributed by atoms with Crippen LogP contribution in [0.2, 0.25) is 0 Å². The summed E-state index contributed by atoms with van der Waals surface area (Å²) in [5.41, 5.74) is 0.825.